The first-order valence-corrected chi connectivity index (χ1v) is 10.2. The zero-order valence-electron chi connectivity index (χ0n) is 16.8. The zero-order chi connectivity index (χ0) is 19.8. The molecule has 1 fully saturated rings. The summed E-state index contributed by atoms with van der Waals surface area (Å²) in [5, 5.41) is 4.54. The van der Waals surface area contributed by atoms with Gasteiger partial charge in [0.25, 0.3) is 0 Å². The maximum absolute atomic E-state index is 6.06. The molecule has 0 unspecified atom stereocenters. The first-order valence-electron chi connectivity index (χ1n) is 9.40. The van der Waals surface area contributed by atoms with Crippen LogP contribution in [0.25, 0.3) is 0 Å². The van der Waals surface area contributed by atoms with Gasteiger partial charge in [0.1, 0.15) is 6.61 Å². The molecule has 2 aromatic rings. The Kier molecular flexibility index (Phi) is 12.8. The van der Waals surface area contributed by atoms with Gasteiger partial charge in [-0.05, 0) is 35.4 Å². The molecular weight excluding hydrogens is 470 g/mol. The lowest BCUT2D eigenvalue weighted by atomic mass is 10.2. The molecule has 168 valence electrons. The molecule has 30 heavy (non-hydrogen) atoms. The molecule has 0 amide bonds. The van der Waals surface area contributed by atoms with Gasteiger partial charge in [0.15, 0.2) is 11.5 Å². The minimum absolute atomic E-state index is 0. The highest BCUT2D eigenvalue weighted by Gasteiger charge is 2.10. The molecule has 5 nitrogen and oxygen atoms in total. The summed E-state index contributed by atoms with van der Waals surface area (Å²) >= 11 is 12.0. The lowest BCUT2D eigenvalue weighted by Crippen LogP contribution is -3.00. The van der Waals surface area contributed by atoms with Crippen LogP contribution in [0.4, 0.5) is 0 Å². The number of benzene rings is 2. The molecule has 1 saturated heterocycles. The normalized spacial score (nSPS) is 13.8. The Morgan fingerprint density at radius 3 is 2.40 bits per heavy atom. The van der Waals surface area contributed by atoms with E-state index in [1.54, 1.807) is 13.2 Å². The molecule has 3 rings (SSSR count). The maximum Gasteiger partial charge on any atom is 0.161 e. The summed E-state index contributed by atoms with van der Waals surface area (Å²) in [5.41, 5.74) is 2.10. The van der Waals surface area contributed by atoms with E-state index in [9.17, 15) is 0 Å². The fourth-order valence-electron chi connectivity index (χ4n) is 3.03. The Morgan fingerprint density at radius 1 is 0.967 bits per heavy atom. The fourth-order valence-corrected chi connectivity index (χ4v) is 3.35. The van der Waals surface area contributed by atoms with E-state index < -0.39 is 0 Å². The third kappa shape index (κ3) is 8.31. The Bertz CT molecular complexity index is 774. The first kappa shape index (κ1) is 27.1. The van der Waals surface area contributed by atoms with E-state index in [-0.39, 0.29) is 24.8 Å². The van der Waals surface area contributed by atoms with Crippen molar-refractivity contribution < 1.29 is 39.0 Å². The third-order valence-electron chi connectivity index (χ3n) is 4.64. The van der Waals surface area contributed by atoms with Crippen molar-refractivity contribution in [3.63, 3.8) is 0 Å². The number of nitrogens with zero attached hydrogens (tertiary/aromatic N) is 1. The van der Waals surface area contributed by atoms with E-state index in [1.807, 2.05) is 24.3 Å². The van der Waals surface area contributed by atoms with Crippen molar-refractivity contribution in [1.82, 2.24) is 10.2 Å². The second kappa shape index (κ2) is 14.2. The van der Waals surface area contributed by atoms with Crippen LogP contribution in [-0.4, -0.2) is 51.4 Å². The third-order valence-corrected chi connectivity index (χ3v) is 5.38. The first-order chi connectivity index (χ1) is 13.7. The number of methoxy groups -OCH3 is 1. The van der Waals surface area contributed by atoms with Crippen LogP contribution in [0.1, 0.15) is 11.1 Å². The highest BCUT2D eigenvalue weighted by Crippen LogP contribution is 2.29. The molecule has 1 aliphatic rings. The molecule has 1 aliphatic heterocycles. The number of ether oxygens (including phenoxy) is 3. The number of rotatable bonds is 9. The molecule has 0 atom stereocenters. The number of hydrogen-bond donors (Lipinski definition) is 1. The van der Waals surface area contributed by atoms with Crippen LogP contribution < -0.4 is 39.6 Å². The summed E-state index contributed by atoms with van der Waals surface area (Å²) in [4.78, 5) is 2.41. The van der Waals surface area contributed by atoms with Gasteiger partial charge in [-0.2, -0.15) is 0 Å². The van der Waals surface area contributed by atoms with Crippen LogP contribution in [0.2, 0.25) is 10.0 Å². The van der Waals surface area contributed by atoms with Crippen molar-refractivity contribution >= 4 is 23.2 Å². The number of morpholine rings is 1. The van der Waals surface area contributed by atoms with Crippen molar-refractivity contribution in [2.24, 2.45) is 0 Å². The van der Waals surface area contributed by atoms with E-state index in [1.165, 1.54) is 0 Å². The Hall–Kier alpha value is -0.920. The standard InChI is InChI=1S/C21H26Cl2N2O3.2ClH/c1-26-21-13-16(14-24-6-7-25-8-10-27-11-9-25)3-5-20(21)28-15-17-2-4-18(22)19(23)12-17;;/h2-5,12-13,24H,6-11,14-15H2,1H3;2*1H/p-2. The van der Waals surface area contributed by atoms with Gasteiger partial charge in [0.05, 0.1) is 30.4 Å². The second-order valence-electron chi connectivity index (χ2n) is 6.65. The van der Waals surface area contributed by atoms with Gasteiger partial charge in [-0.15, -0.1) is 0 Å². The van der Waals surface area contributed by atoms with Gasteiger partial charge in [-0.3, -0.25) is 4.90 Å². The molecule has 2 aromatic carbocycles. The van der Waals surface area contributed by atoms with E-state index in [0.29, 0.717) is 28.2 Å². The minimum atomic E-state index is 0. The van der Waals surface area contributed by atoms with Crippen molar-refractivity contribution in [2.45, 2.75) is 13.2 Å². The van der Waals surface area contributed by atoms with E-state index in [4.69, 9.17) is 37.4 Å². The topological polar surface area (TPSA) is 43.0 Å². The number of nitrogens with one attached hydrogen (secondary N) is 1. The van der Waals surface area contributed by atoms with Crippen molar-refractivity contribution in [1.29, 1.82) is 0 Å². The van der Waals surface area contributed by atoms with Gasteiger partial charge in [-0.1, -0.05) is 35.3 Å². The quantitative estimate of drug-likeness (QED) is 0.408. The Labute approximate surface area is 200 Å². The fraction of sp³-hybridized carbons (Fsp3) is 0.429. The molecule has 0 radical (unpaired) electrons. The maximum atomic E-state index is 6.06. The molecule has 0 aromatic heterocycles. The number of halogens is 4. The predicted octanol–water partition coefficient (Wildman–Crippen LogP) is -1.99. The largest absolute Gasteiger partial charge is 1.00 e. The molecular formula is C21H26Cl4N2O3-2. The summed E-state index contributed by atoms with van der Waals surface area (Å²) < 4.78 is 16.8. The monoisotopic (exact) mass is 494 g/mol. The van der Waals surface area contributed by atoms with Crippen LogP contribution in [0, 0.1) is 0 Å². The van der Waals surface area contributed by atoms with Crippen LogP contribution >= 0.6 is 23.2 Å². The molecule has 0 aliphatic carbocycles. The van der Waals surface area contributed by atoms with E-state index in [2.05, 4.69) is 16.3 Å². The van der Waals surface area contributed by atoms with Gasteiger partial charge in [0, 0.05) is 32.7 Å². The molecule has 1 N–H and O–H groups in total. The van der Waals surface area contributed by atoms with Crippen LogP contribution in [0.15, 0.2) is 36.4 Å². The summed E-state index contributed by atoms with van der Waals surface area (Å²) in [6, 6.07) is 11.5. The van der Waals surface area contributed by atoms with Gasteiger partial charge in [-0.25, -0.2) is 0 Å². The SMILES string of the molecule is COc1cc(CNCCN2CCOCC2)ccc1OCc1ccc(Cl)c(Cl)c1.[Cl-].[Cl-]. The zero-order valence-corrected chi connectivity index (χ0v) is 19.8. The van der Waals surface area contributed by atoms with Gasteiger partial charge >= 0.3 is 0 Å². The summed E-state index contributed by atoms with van der Waals surface area (Å²) in [6.45, 7) is 6.85. The Morgan fingerprint density at radius 2 is 1.70 bits per heavy atom. The van der Waals surface area contributed by atoms with Crippen LogP contribution in [0.5, 0.6) is 11.5 Å². The predicted molar refractivity (Wildman–Crippen MR) is 113 cm³/mol. The molecule has 0 saturated carbocycles. The molecule has 0 bridgehead atoms. The van der Waals surface area contributed by atoms with Crippen LogP contribution in [-0.2, 0) is 17.9 Å². The van der Waals surface area contributed by atoms with Crippen LogP contribution in [0.3, 0.4) is 0 Å². The highest BCUT2D eigenvalue weighted by atomic mass is 35.5. The molecule has 0 spiro atoms. The lowest BCUT2D eigenvalue weighted by Gasteiger charge is -2.26. The van der Waals surface area contributed by atoms with Crippen molar-refractivity contribution in [3.05, 3.63) is 57.6 Å². The summed E-state index contributed by atoms with van der Waals surface area (Å²) in [5.74, 6) is 1.41. The summed E-state index contributed by atoms with van der Waals surface area (Å²) in [7, 11) is 1.65. The average Bonchev–Trinajstić information content (AvgIpc) is 2.73. The summed E-state index contributed by atoms with van der Waals surface area (Å²) in [6.07, 6.45) is 0. The van der Waals surface area contributed by atoms with Crippen molar-refractivity contribution in [3.8, 4) is 11.5 Å². The molecule has 1 heterocycles. The Balaban J connectivity index is 0.00000225. The smallest absolute Gasteiger partial charge is 0.161 e. The minimum Gasteiger partial charge on any atom is -1.00 e. The van der Waals surface area contributed by atoms with Crippen molar-refractivity contribution in [2.75, 3.05) is 46.5 Å². The molecule has 9 heteroatoms. The second-order valence-corrected chi connectivity index (χ2v) is 7.47. The van der Waals surface area contributed by atoms with Gasteiger partial charge < -0.3 is 44.3 Å². The van der Waals surface area contributed by atoms with E-state index >= 15 is 0 Å². The lowest BCUT2D eigenvalue weighted by molar-refractivity contribution is -0.001000. The highest BCUT2D eigenvalue weighted by molar-refractivity contribution is 6.42. The number of hydrogen-bond acceptors (Lipinski definition) is 5. The van der Waals surface area contributed by atoms with Gasteiger partial charge in [0.2, 0.25) is 0 Å². The van der Waals surface area contributed by atoms with E-state index in [0.717, 1.165) is 57.1 Å². The average molecular weight is 496 g/mol.